The van der Waals surface area contributed by atoms with E-state index in [1.807, 2.05) is 6.92 Å². The molecule has 174 valence electrons. The van der Waals surface area contributed by atoms with Gasteiger partial charge in [-0.15, -0.1) is 0 Å². The zero-order chi connectivity index (χ0) is 23.1. The molecule has 2 unspecified atom stereocenters. The van der Waals surface area contributed by atoms with Gasteiger partial charge in [0.25, 0.3) is 0 Å². The Morgan fingerprint density at radius 1 is 1.28 bits per heavy atom. The van der Waals surface area contributed by atoms with Crippen LogP contribution in [-0.2, 0) is 23.9 Å². The van der Waals surface area contributed by atoms with Crippen molar-refractivity contribution in [1.82, 2.24) is 4.90 Å². The van der Waals surface area contributed by atoms with Crippen LogP contribution in [0.2, 0.25) is 5.02 Å². The number of anilines is 1. The molecule has 0 saturated carbocycles. The number of halogens is 1. The molecule has 1 spiro atoms. The molecule has 3 saturated heterocycles. The Morgan fingerprint density at radius 2 is 2.00 bits per heavy atom. The van der Waals surface area contributed by atoms with Gasteiger partial charge in [-0.3, -0.25) is 14.4 Å². The van der Waals surface area contributed by atoms with Gasteiger partial charge in [0.1, 0.15) is 17.6 Å². The molecule has 32 heavy (non-hydrogen) atoms. The van der Waals surface area contributed by atoms with Crippen molar-refractivity contribution in [3.63, 3.8) is 0 Å². The molecule has 1 aromatic carbocycles. The summed E-state index contributed by atoms with van der Waals surface area (Å²) in [7, 11) is 0. The smallest absolute Gasteiger partial charge is 0.312 e. The van der Waals surface area contributed by atoms with Crippen molar-refractivity contribution in [3.8, 4) is 0 Å². The first-order valence-electron chi connectivity index (χ1n) is 11.1. The van der Waals surface area contributed by atoms with Gasteiger partial charge in [0.15, 0.2) is 0 Å². The summed E-state index contributed by atoms with van der Waals surface area (Å²) in [5, 5.41) is 12.6. The van der Waals surface area contributed by atoms with E-state index in [1.165, 1.54) is 4.90 Å². The second-order valence-electron chi connectivity index (χ2n) is 8.94. The van der Waals surface area contributed by atoms with Crippen molar-refractivity contribution in [2.24, 2.45) is 11.8 Å². The van der Waals surface area contributed by atoms with Gasteiger partial charge < -0.3 is 24.8 Å². The van der Waals surface area contributed by atoms with Gasteiger partial charge >= 0.3 is 5.97 Å². The number of benzene rings is 1. The molecule has 3 aliphatic heterocycles. The Hall–Kier alpha value is -2.16. The van der Waals surface area contributed by atoms with Crippen LogP contribution in [0.15, 0.2) is 24.3 Å². The summed E-state index contributed by atoms with van der Waals surface area (Å²) in [6, 6.07) is 5.85. The highest BCUT2D eigenvalue weighted by molar-refractivity contribution is 6.30. The number of nitrogens with one attached hydrogen (secondary N) is 1. The molecular formula is C23H29ClN2O6. The van der Waals surface area contributed by atoms with Crippen LogP contribution in [-0.4, -0.2) is 64.8 Å². The number of amides is 2. The van der Waals surface area contributed by atoms with E-state index in [4.69, 9.17) is 21.1 Å². The minimum atomic E-state index is -1.08. The second kappa shape index (κ2) is 8.65. The van der Waals surface area contributed by atoms with Gasteiger partial charge in [0, 0.05) is 23.9 Å². The monoisotopic (exact) mass is 464 g/mol. The summed E-state index contributed by atoms with van der Waals surface area (Å²) in [5.41, 5.74) is -1.37. The SMILES string of the molecule is CCOC(=O)[C@@H]1[C@H]2C(=O)N(CCCCO)C(C(=O)Nc3ccc(Cl)cc3)C23CC[C@@]1(C)O3. The Kier molecular flexibility index (Phi) is 6.22. The van der Waals surface area contributed by atoms with Gasteiger partial charge in [-0.1, -0.05) is 11.6 Å². The Morgan fingerprint density at radius 3 is 2.66 bits per heavy atom. The molecule has 5 atom stereocenters. The van der Waals surface area contributed by atoms with E-state index in [-0.39, 0.29) is 25.0 Å². The number of likely N-dealkylation sites (tertiary alicyclic amines) is 1. The summed E-state index contributed by atoms with van der Waals surface area (Å²) in [5.74, 6) is -2.60. The number of hydrogen-bond donors (Lipinski definition) is 2. The summed E-state index contributed by atoms with van der Waals surface area (Å²) < 4.78 is 11.8. The highest BCUT2D eigenvalue weighted by atomic mass is 35.5. The largest absolute Gasteiger partial charge is 0.466 e. The average Bonchev–Trinajstić information content (AvgIpc) is 3.31. The molecule has 0 aliphatic carbocycles. The second-order valence-corrected chi connectivity index (χ2v) is 9.37. The van der Waals surface area contributed by atoms with Gasteiger partial charge in [-0.2, -0.15) is 0 Å². The summed E-state index contributed by atoms with van der Waals surface area (Å²) in [6.07, 6.45) is 2.12. The van der Waals surface area contributed by atoms with Crippen LogP contribution in [0.5, 0.6) is 0 Å². The predicted molar refractivity (Wildman–Crippen MR) is 117 cm³/mol. The summed E-state index contributed by atoms with van der Waals surface area (Å²) in [6.45, 7) is 4.06. The zero-order valence-electron chi connectivity index (χ0n) is 18.3. The van der Waals surface area contributed by atoms with Crippen molar-refractivity contribution < 1.29 is 29.0 Å². The molecule has 2 amide bonds. The van der Waals surface area contributed by atoms with E-state index in [1.54, 1.807) is 31.2 Å². The van der Waals surface area contributed by atoms with Crippen molar-refractivity contribution in [2.45, 2.75) is 56.8 Å². The number of nitrogens with zero attached hydrogens (tertiary/aromatic N) is 1. The quantitative estimate of drug-likeness (QED) is 0.452. The number of aliphatic hydroxyl groups excluding tert-OH is 1. The molecule has 1 aromatic rings. The molecular weight excluding hydrogens is 436 g/mol. The molecule has 2 N–H and O–H groups in total. The van der Waals surface area contributed by atoms with Gasteiger partial charge in [0.05, 0.1) is 18.1 Å². The lowest BCUT2D eigenvalue weighted by Crippen LogP contribution is -2.53. The van der Waals surface area contributed by atoms with Gasteiger partial charge in [-0.05, 0) is 63.8 Å². The number of hydrogen-bond acceptors (Lipinski definition) is 6. The molecule has 0 radical (unpaired) electrons. The number of fused-ring (bicyclic) bond motifs is 1. The predicted octanol–water partition coefficient (Wildman–Crippen LogP) is 2.38. The zero-order valence-corrected chi connectivity index (χ0v) is 19.1. The standard InChI is InChI=1S/C23H29ClN2O6/c1-3-31-21(30)17-16-20(29)26(12-4-5-13-27)18(23(16)11-10-22(17,2)32-23)19(28)25-15-8-6-14(24)7-9-15/h6-9,16-18,27H,3-5,10-13H2,1-2H3,(H,25,28)/t16-,17-,18?,22+,23?/m0/s1. The molecule has 3 fully saturated rings. The molecule has 2 bridgehead atoms. The van der Waals surface area contributed by atoms with Crippen LogP contribution in [0.25, 0.3) is 0 Å². The molecule has 3 aliphatic rings. The Bertz CT molecular complexity index is 908. The van der Waals surface area contributed by atoms with E-state index in [0.717, 1.165) is 0 Å². The highest BCUT2D eigenvalue weighted by Crippen LogP contribution is 2.63. The third kappa shape index (κ3) is 3.58. The maximum atomic E-state index is 13.6. The molecule has 8 nitrogen and oxygen atoms in total. The number of ether oxygens (including phenoxy) is 2. The fourth-order valence-corrected chi connectivity index (χ4v) is 5.82. The van der Waals surface area contributed by atoms with E-state index in [9.17, 15) is 19.5 Å². The molecule has 0 aromatic heterocycles. The average molecular weight is 465 g/mol. The van der Waals surface area contributed by atoms with Crippen LogP contribution in [0.3, 0.4) is 0 Å². The third-order valence-corrected chi connectivity index (χ3v) is 7.24. The van der Waals surface area contributed by atoms with E-state index >= 15 is 0 Å². The summed E-state index contributed by atoms with van der Waals surface area (Å²) >= 11 is 5.95. The number of esters is 1. The third-order valence-electron chi connectivity index (χ3n) is 6.98. The number of unbranched alkanes of at least 4 members (excludes halogenated alkanes) is 1. The number of rotatable bonds is 8. The van der Waals surface area contributed by atoms with Crippen LogP contribution in [0.1, 0.15) is 39.5 Å². The van der Waals surface area contributed by atoms with E-state index in [2.05, 4.69) is 5.32 Å². The molecule has 3 heterocycles. The topological polar surface area (TPSA) is 105 Å². The van der Waals surface area contributed by atoms with Crippen LogP contribution in [0.4, 0.5) is 5.69 Å². The fraction of sp³-hybridized carbons (Fsp3) is 0.609. The highest BCUT2D eigenvalue weighted by Gasteiger charge is 2.78. The normalized spacial score (nSPS) is 32.8. The van der Waals surface area contributed by atoms with Crippen molar-refractivity contribution >= 4 is 35.1 Å². The number of carbonyl (C=O) groups excluding carboxylic acids is 3. The fourth-order valence-electron chi connectivity index (χ4n) is 5.69. The minimum Gasteiger partial charge on any atom is -0.466 e. The first-order valence-corrected chi connectivity index (χ1v) is 11.5. The lowest BCUT2D eigenvalue weighted by atomic mass is 9.66. The summed E-state index contributed by atoms with van der Waals surface area (Å²) in [4.78, 5) is 41.6. The lowest BCUT2D eigenvalue weighted by molar-refractivity contribution is -0.158. The first kappa shape index (κ1) is 23.0. The number of carbonyl (C=O) groups is 3. The van der Waals surface area contributed by atoms with Crippen molar-refractivity contribution in [1.29, 1.82) is 0 Å². The Balaban J connectivity index is 1.69. The lowest BCUT2D eigenvalue weighted by Gasteiger charge is -2.33. The number of aliphatic hydroxyl groups is 1. The Labute approximate surface area is 192 Å². The maximum absolute atomic E-state index is 13.6. The van der Waals surface area contributed by atoms with E-state index in [0.29, 0.717) is 42.9 Å². The first-order chi connectivity index (χ1) is 15.3. The van der Waals surface area contributed by atoms with Gasteiger partial charge in [0.2, 0.25) is 11.8 Å². The van der Waals surface area contributed by atoms with Crippen LogP contribution < -0.4 is 5.32 Å². The molecule has 4 rings (SSSR count). The van der Waals surface area contributed by atoms with Crippen LogP contribution in [0, 0.1) is 11.8 Å². The minimum absolute atomic E-state index is 0.00172. The van der Waals surface area contributed by atoms with Crippen molar-refractivity contribution in [2.75, 3.05) is 25.1 Å². The molecule has 9 heteroatoms. The van der Waals surface area contributed by atoms with E-state index < -0.39 is 35.0 Å². The van der Waals surface area contributed by atoms with Gasteiger partial charge in [-0.25, -0.2) is 0 Å². The van der Waals surface area contributed by atoms with Crippen LogP contribution >= 0.6 is 11.6 Å². The maximum Gasteiger partial charge on any atom is 0.312 e. The van der Waals surface area contributed by atoms with Crippen molar-refractivity contribution in [3.05, 3.63) is 29.3 Å².